The molecule has 204 valence electrons. The third-order valence-corrected chi connectivity index (χ3v) is 6.21. The van der Waals surface area contributed by atoms with Gasteiger partial charge in [0.2, 0.25) is 0 Å². The van der Waals surface area contributed by atoms with Gasteiger partial charge < -0.3 is 9.47 Å². The summed E-state index contributed by atoms with van der Waals surface area (Å²) in [5, 5.41) is 4.83. The molecule has 0 radical (unpaired) electrons. The molecular formula is C25H32Br2Cl2N4O4. The minimum Gasteiger partial charge on any atom is -0.443 e. The number of ether oxygens (including phenoxy) is 2. The summed E-state index contributed by atoms with van der Waals surface area (Å²) < 4.78 is 12.1. The molecule has 1 aliphatic rings. The van der Waals surface area contributed by atoms with Gasteiger partial charge in [-0.15, -0.1) is 0 Å². The summed E-state index contributed by atoms with van der Waals surface area (Å²) in [7, 11) is 0. The first kappa shape index (κ1) is 31.3. The molecule has 1 saturated heterocycles. The van der Waals surface area contributed by atoms with Crippen molar-refractivity contribution in [3.05, 3.63) is 55.4 Å². The molecule has 0 aromatic heterocycles. The third kappa shape index (κ3) is 10.8. The summed E-state index contributed by atoms with van der Waals surface area (Å²) in [6, 6.07) is 10.7. The van der Waals surface area contributed by atoms with E-state index >= 15 is 0 Å². The molecule has 0 unspecified atom stereocenters. The fraction of sp³-hybridized carbons (Fsp3) is 0.440. The third-order valence-electron chi connectivity index (χ3n) is 4.45. The van der Waals surface area contributed by atoms with Gasteiger partial charge in [-0.25, -0.2) is 20.0 Å². The number of hydrogen-bond donors (Lipinski definition) is 2. The maximum Gasteiger partial charge on any atom is 0.429 e. The number of rotatable bonds is 3. The molecule has 0 bridgehead atoms. The highest BCUT2D eigenvalue weighted by Crippen LogP contribution is 2.33. The molecule has 0 spiro atoms. The van der Waals surface area contributed by atoms with E-state index in [2.05, 4.69) is 42.7 Å². The Hall–Kier alpha value is -1.88. The lowest BCUT2D eigenvalue weighted by molar-refractivity contribution is 0.0273. The van der Waals surface area contributed by atoms with Gasteiger partial charge in [0.1, 0.15) is 11.2 Å². The molecule has 37 heavy (non-hydrogen) atoms. The van der Waals surface area contributed by atoms with Gasteiger partial charge in [0, 0.05) is 32.1 Å². The van der Waals surface area contributed by atoms with Crippen LogP contribution in [0.4, 0.5) is 21.0 Å². The second-order valence-corrected chi connectivity index (χ2v) is 12.6. The molecule has 2 aromatic carbocycles. The number of nitrogens with one attached hydrogen (secondary N) is 2. The van der Waals surface area contributed by atoms with Gasteiger partial charge in [0.25, 0.3) is 0 Å². The average Bonchev–Trinajstić information content (AvgIpc) is 3.21. The second-order valence-electron chi connectivity index (χ2n) is 10.1. The Morgan fingerprint density at radius 3 is 1.97 bits per heavy atom. The first-order chi connectivity index (χ1) is 17.1. The van der Waals surface area contributed by atoms with Gasteiger partial charge in [-0.2, -0.15) is 0 Å². The second kappa shape index (κ2) is 13.3. The van der Waals surface area contributed by atoms with Gasteiger partial charge in [-0.3, -0.25) is 10.4 Å². The highest BCUT2D eigenvalue weighted by molar-refractivity contribution is 9.11. The molecule has 1 aliphatic heterocycles. The van der Waals surface area contributed by atoms with Crippen molar-refractivity contribution in [3.8, 4) is 0 Å². The summed E-state index contributed by atoms with van der Waals surface area (Å²) in [6.07, 6.45) is 0.0464. The molecule has 12 heteroatoms. The summed E-state index contributed by atoms with van der Waals surface area (Å²) in [5.41, 5.74) is 5.75. The van der Waals surface area contributed by atoms with Gasteiger partial charge in [0.15, 0.2) is 0 Å². The quantitative estimate of drug-likeness (QED) is 0.317. The van der Waals surface area contributed by atoms with E-state index < -0.39 is 17.3 Å². The molecule has 2 N–H and O–H groups in total. The largest absolute Gasteiger partial charge is 0.443 e. The molecule has 3 rings (SSSR count). The minimum atomic E-state index is -0.542. The molecule has 0 aliphatic carbocycles. The molecular weight excluding hydrogens is 651 g/mol. The standard InChI is InChI=1S/C14H18BrClN2O2.C11H14BrClN2O2/c1-14(2,3)20-13(19)18-8-4-7-17(18)12-6-5-10(16)9-11(12)15;1-11(2,3)17-10(16)15-14-9-5-4-7(13)6-8(9)12/h5-6,9H,4,7-8H2,1-3H3;4-6,14H,1-3H3,(H,15,16). The van der Waals surface area contributed by atoms with Crippen LogP contribution in [0, 0.1) is 0 Å². The number of amides is 2. The van der Waals surface area contributed by atoms with Crippen LogP contribution in [0.25, 0.3) is 0 Å². The van der Waals surface area contributed by atoms with E-state index in [-0.39, 0.29) is 6.09 Å². The Kier molecular flexibility index (Phi) is 11.2. The molecule has 1 fully saturated rings. The lowest BCUT2D eigenvalue weighted by Gasteiger charge is -2.32. The van der Waals surface area contributed by atoms with Crippen LogP contribution in [0.3, 0.4) is 0 Å². The van der Waals surface area contributed by atoms with Crippen molar-refractivity contribution < 1.29 is 19.1 Å². The van der Waals surface area contributed by atoms with Crippen molar-refractivity contribution in [2.75, 3.05) is 23.5 Å². The van der Waals surface area contributed by atoms with Gasteiger partial charge in [-0.05, 0) is 116 Å². The smallest absolute Gasteiger partial charge is 0.429 e. The topological polar surface area (TPSA) is 83.1 Å². The zero-order valence-electron chi connectivity index (χ0n) is 21.6. The normalized spacial score (nSPS) is 13.5. The Bertz CT molecular complexity index is 1110. The van der Waals surface area contributed by atoms with Crippen molar-refractivity contribution in [2.45, 2.75) is 59.2 Å². The number of nitrogens with zero attached hydrogens (tertiary/aromatic N) is 2. The maximum absolute atomic E-state index is 12.2. The zero-order valence-corrected chi connectivity index (χ0v) is 26.3. The van der Waals surface area contributed by atoms with E-state index in [9.17, 15) is 9.59 Å². The highest BCUT2D eigenvalue weighted by atomic mass is 79.9. The van der Waals surface area contributed by atoms with Gasteiger partial charge >= 0.3 is 12.2 Å². The SMILES string of the molecule is CC(C)(C)OC(=O)N1CCCN1c1ccc(Cl)cc1Br.CC(C)(C)OC(=O)NNc1ccc(Cl)cc1Br. The minimum absolute atomic E-state index is 0.322. The van der Waals surface area contributed by atoms with Crippen molar-refractivity contribution in [2.24, 2.45) is 0 Å². The van der Waals surface area contributed by atoms with Crippen LogP contribution in [-0.4, -0.2) is 41.5 Å². The summed E-state index contributed by atoms with van der Waals surface area (Å²) in [4.78, 5) is 23.6. The fourth-order valence-corrected chi connectivity index (χ4v) is 4.74. The number of carbonyl (C=O) groups excluding carboxylic acids is 2. The van der Waals surface area contributed by atoms with E-state index in [0.717, 1.165) is 27.6 Å². The summed E-state index contributed by atoms with van der Waals surface area (Å²) >= 11 is 18.6. The summed E-state index contributed by atoms with van der Waals surface area (Å²) in [5.74, 6) is 0. The number of benzene rings is 2. The zero-order chi connectivity index (χ0) is 28.0. The van der Waals surface area contributed by atoms with Crippen molar-refractivity contribution >= 4 is 78.6 Å². The number of anilines is 2. The van der Waals surface area contributed by atoms with Crippen molar-refractivity contribution in [1.82, 2.24) is 10.4 Å². The van der Waals surface area contributed by atoms with Crippen LogP contribution in [-0.2, 0) is 9.47 Å². The monoisotopic (exact) mass is 680 g/mol. The fourth-order valence-electron chi connectivity index (χ4n) is 3.07. The van der Waals surface area contributed by atoms with Crippen LogP contribution in [0.2, 0.25) is 10.0 Å². The Labute approximate surface area is 245 Å². The predicted molar refractivity (Wildman–Crippen MR) is 156 cm³/mol. The van der Waals surface area contributed by atoms with E-state index in [1.165, 1.54) is 0 Å². The van der Waals surface area contributed by atoms with Gasteiger partial charge in [-0.1, -0.05) is 23.2 Å². The number of carbonyl (C=O) groups is 2. The molecule has 2 amide bonds. The average molecular weight is 683 g/mol. The molecule has 0 atom stereocenters. The van der Waals surface area contributed by atoms with Crippen molar-refractivity contribution in [1.29, 1.82) is 0 Å². The maximum atomic E-state index is 12.2. The van der Waals surface area contributed by atoms with Crippen LogP contribution in [0.15, 0.2) is 45.3 Å². The molecule has 1 heterocycles. The Balaban J connectivity index is 0.000000264. The Morgan fingerprint density at radius 2 is 1.43 bits per heavy atom. The number of halogens is 4. The van der Waals surface area contributed by atoms with Crippen molar-refractivity contribution in [3.63, 3.8) is 0 Å². The molecule has 2 aromatic rings. The Morgan fingerprint density at radius 1 is 0.865 bits per heavy atom. The number of hydrogen-bond acceptors (Lipinski definition) is 6. The van der Waals surface area contributed by atoms with Gasteiger partial charge in [0.05, 0.1) is 11.4 Å². The van der Waals surface area contributed by atoms with Crippen LogP contribution >= 0.6 is 55.1 Å². The first-order valence-electron chi connectivity index (χ1n) is 11.5. The number of hydrazine groups is 2. The first-order valence-corrected chi connectivity index (χ1v) is 13.8. The lowest BCUT2D eigenvalue weighted by atomic mass is 10.2. The van der Waals surface area contributed by atoms with E-state index in [1.54, 1.807) is 44.0 Å². The van der Waals surface area contributed by atoms with E-state index in [0.29, 0.717) is 22.3 Å². The van der Waals surface area contributed by atoms with Crippen LogP contribution in [0.1, 0.15) is 48.0 Å². The highest BCUT2D eigenvalue weighted by Gasteiger charge is 2.31. The van der Waals surface area contributed by atoms with Crippen LogP contribution < -0.4 is 15.9 Å². The molecule has 0 saturated carbocycles. The van der Waals surface area contributed by atoms with E-state index in [1.807, 2.05) is 44.0 Å². The molecule has 8 nitrogen and oxygen atoms in total. The predicted octanol–water partition coefficient (Wildman–Crippen LogP) is 8.42. The lowest BCUT2D eigenvalue weighted by Crippen LogP contribution is -2.44. The van der Waals surface area contributed by atoms with Crippen LogP contribution in [0.5, 0.6) is 0 Å². The van der Waals surface area contributed by atoms with E-state index in [4.69, 9.17) is 32.7 Å². The summed E-state index contributed by atoms with van der Waals surface area (Å²) in [6.45, 7) is 12.4.